The summed E-state index contributed by atoms with van der Waals surface area (Å²) >= 11 is 0. The van der Waals surface area contributed by atoms with Crippen LogP contribution in [0, 0.1) is 5.92 Å². The van der Waals surface area contributed by atoms with E-state index < -0.39 is 0 Å². The van der Waals surface area contributed by atoms with Crippen molar-refractivity contribution < 1.29 is 4.79 Å². The number of amides is 1. The summed E-state index contributed by atoms with van der Waals surface area (Å²) in [6.07, 6.45) is 5.16. The second-order valence-electron chi connectivity index (χ2n) is 8.32. The number of carbonyl (C=O) groups is 1. The first-order chi connectivity index (χ1) is 14.0. The molecule has 0 saturated carbocycles. The molecule has 162 valence electrons. The Balaban J connectivity index is 1.57. The Morgan fingerprint density at radius 2 is 1.90 bits per heavy atom. The molecule has 0 aromatic heterocycles. The van der Waals surface area contributed by atoms with Crippen LogP contribution in [-0.2, 0) is 11.2 Å². The summed E-state index contributed by atoms with van der Waals surface area (Å²) in [6.45, 7) is 9.07. The van der Waals surface area contributed by atoms with Crippen LogP contribution in [0.4, 0.5) is 0 Å². The smallest absolute Gasteiger partial charge is 0.221 e. The monoisotopic (exact) mass is 401 g/mol. The number of primary amides is 1. The van der Waals surface area contributed by atoms with E-state index in [9.17, 15) is 4.79 Å². The van der Waals surface area contributed by atoms with E-state index in [2.05, 4.69) is 58.6 Å². The highest BCUT2D eigenvalue weighted by Crippen LogP contribution is 2.16. The van der Waals surface area contributed by atoms with E-state index in [4.69, 9.17) is 5.73 Å². The molecule has 2 rings (SSSR count). The standard InChI is InChI=1S/C23H39N5O/c1-18(2)20-11-9-19(10-12-20)7-4-13-26-23(25-3)27-14-6-16-28-15-5-8-21(17-28)22(24)29/h9-12,18,21H,4-8,13-17H2,1-3H3,(H2,24,29)(H2,25,26,27). The summed E-state index contributed by atoms with van der Waals surface area (Å²) in [7, 11) is 1.81. The van der Waals surface area contributed by atoms with Gasteiger partial charge in [0.2, 0.25) is 5.91 Å². The molecule has 1 atom stereocenters. The molecule has 1 aliphatic rings. The lowest BCUT2D eigenvalue weighted by Crippen LogP contribution is -2.43. The highest BCUT2D eigenvalue weighted by atomic mass is 16.1. The molecule has 0 radical (unpaired) electrons. The Bertz CT molecular complexity index is 641. The molecule has 1 aliphatic heterocycles. The van der Waals surface area contributed by atoms with Crippen molar-refractivity contribution in [2.24, 2.45) is 16.6 Å². The van der Waals surface area contributed by atoms with Crippen LogP contribution in [0.1, 0.15) is 56.6 Å². The van der Waals surface area contributed by atoms with Gasteiger partial charge in [-0.15, -0.1) is 0 Å². The van der Waals surface area contributed by atoms with E-state index in [0.29, 0.717) is 5.92 Å². The Morgan fingerprint density at radius 1 is 1.21 bits per heavy atom. The largest absolute Gasteiger partial charge is 0.369 e. The van der Waals surface area contributed by atoms with Crippen LogP contribution in [0.15, 0.2) is 29.3 Å². The van der Waals surface area contributed by atoms with Crippen molar-refractivity contribution in [3.05, 3.63) is 35.4 Å². The molecule has 29 heavy (non-hydrogen) atoms. The minimum atomic E-state index is -0.159. The molecule has 1 amide bonds. The molecule has 4 N–H and O–H groups in total. The molecule has 1 aromatic rings. The zero-order chi connectivity index (χ0) is 21.1. The van der Waals surface area contributed by atoms with E-state index in [-0.39, 0.29) is 11.8 Å². The molecular weight excluding hydrogens is 362 g/mol. The van der Waals surface area contributed by atoms with Gasteiger partial charge < -0.3 is 21.3 Å². The quantitative estimate of drug-likeness (QED) is 0.320. The number of rotatable bonds is 10. The number of aryl methyl sites for hydroxylation is 1. The number of nitrogens with zero attached hydrogens (tertiary/aromatic N) is 2. The number of hydrogen-bond acceptors (Lipinski definition) is 3. The number of carbonyl (C=O) groups excluding carboxylic acids is 1. The van der Waals surface area contributed by atoms with Crippen molar-refractivity contribution in [3.63, 3.8) is 0 Å². The SMILES string of the molecule is CN=C(NCCCc1ccc(C(C)C)cc1)NCCCN1CCCC(C(N)=O)C1. The molecule has 6 heteroatoms. The van der Waals surface area contributed by atoms with E-state index in [1.54, 1.807) is 0 Å². The number of aliphatic imine (C=N–C) groups is 1. The van der Waals surface area contributed by atoms with Gasteiger partial charge in [0, 0.05) is 26.7 Å². The molecule has 0 bridgehead atoms. The highest BCUT2D eigenvalue weighted by Gasteiger charge is 2.23. The Kier molecular flexibility index (Phi) is 9.98. The maximum atomic E-state index is 11.4. The number of guanidine groups is 1. The third kappa shape index (κ3) is 8.44. The predicted molar refractivity (Wildman–Crippen MR) is 121 cm³/mol. The molecular formula is C23H39N5O. The maximum Gasteiger partial charge on any atom is 0.221 e. The number of nitrogens with two attached hydrogens (primary N) is 1. The number of hydrogen-bond donors (Lipinski definition) is 3. The minimum absolute atomic E-state index is 0.0210. The van der Waals surface area contributed by atoms with E-state index >= 15 is 0 Å². The van der Waals surface area contributed by atoms with Gasteiger partial charge in [-0.05, 0) is 62.2 Å². The van der Waals surface area contributed by atoms with E-state index in [1.807, 2.05) is 7.05 Å². The lowest BCUT2D eigenvalue weighted by molar-refractivity contribution is -0.123. The average molecular weight is 402 g/mol. The van der Waals surface area contributed by atoms with Gasteiger partial charge in [0.15, 0.2) is 5.96 Å². The third-order valence-corrected chi connectivity index (χ3v) is 5.66. The molecule has 1 heterocycles. The van der Waals surface area contributed by atoms with Gasteiger partial charge in [-0.3, -0.25) is 9.79 Å². The van der Waals surface area contributed by atoms with Crippen LogP contribution in [0.2, 0.25) is 0 Å². The van der Waals surface area contributed by atoms with Crippen molar-refractivity contribution >= 4 is 11.9 Å². The lowest BCUT2D eigenvalue weighted by Gasteiger charge is -2.31. The molecule has 0 spiro atoms. The minimum Gasteiger partial charge on any atom is -0.369 e. The van der Waals surface area contributed by atoms with Crippen LogP contribution < -0.4 is 16.4 Å². The second kappa shape index (κ2) is 12.5. The topological polar surface area (TPSA) is 82.8 Å². The summed E-state index contributed by atoms with van der Waals surface area (Å²) in [5.74, 6) is 1.30. The Hall–Kier alpha value is -2.08. The van der Waals surface area contributed by atoms with Crippen LogP contribution >= 0.6 is 0 Å². The zero-order valence-corrected chi connectivity index (χ0v) is 18.4. The summed E-state index contributed by atoms with van der Waals surface area (Å²) < 4.78 is 0. The van der Waals surface area contributed by atoms with Crippen LogP contribution in [0.25, 0.3) is 0 Å². The molecule has 1 saturated heterocycles. The van der Waals surface area contributed by atoms with E-state index in [0.717, 1.165) is 70.8 Å². The summed E-state index contributed by atoms with van der Waals surface area (Å²) in [5, 5.41) is 6.78. The molecule has 1 aromatic carbocycles. The highest BCUT2D eigenvalue weighted by molar-refractivity contribution is 5.79. The Labute approximate surface area is 176 Å². The van der Waals surface area contributed by atoms with Crippen LogP contribution in [0.3, 0.4) is 0 Å². The lowest BCUT2D eigenvalue weighted by atomic mass is 9.97. The molecule has 0 aliphatic carbocycles. The first kappa shape index (κ1) is 23.2. The van der Waals surface area contributed by atoms with E-state index in [1.165, 1.54) is 11.1 Å². The number of likely N-dealkylation sites (tertiary alicyclic amines) is 1. The third-order valence-electron chi connectivity index (χ3n) is 5.66. The van der Waals surface area contributed by atoms with Crippen molar-refractivity contribution in [1.29, 1.82) is 0 Å². The number of piperidine rings is 1. The van der Waals surface area contributed by atoms with Crippen molar-refractivity contribution in [2.75, 3.05) is 39.8 Å². The summed E-state index contributed by atoms with van der Waals surface area (Å²) in [4.78, 5) is 18.0. The Morgan fingerprint density at radius 3 is 2.52 bits per heavy atom. The van der Waals surface area contributed by atoms with Crippen LogP contribution in [-0.4, -0.2) is 56.5 Å². The van der Waals surface area contributed by atoms with Crippen molar-refractivity contribution in [3.8, 4) is 0 Å². The predicted octanol–water partition coefficient (Wildman–Crippen LogP) is 2.50. The van der Waals surface area contributed by atoms with Gasteiger partial charge in [-0.2, -0.15) is 0 Å². The van der Waals surface area contributed by atoms with Crippen LogP contribution in [0.5, 0.6) is 0 Å². The van der Waals surface area contributed by atoms with Crippen molar-refractivity contribution in [2.45, 2.75) is 51.9 Å². The number of benzene rings is 1. The van der Waals surface area contributed by atoms with Gasteiger partial charge >= 0.3 is 0 Å². The summed E-state index contributed by atoms with van der Waals surface area (Å²) in [6, 6.07) is 8.96. The van der Waals surface area contributed by atoms with Gasteiger partial charge in [0.25, 0.3) is 0 Å². The zero-order valence-electron chi connectivity index (χ0n) is 18.4. The van der Waals surface area contributed by atoms with Gasteiger partial charge in [-0.1, -0.05) is 38.1 Å². The van der Waals surface area contributed by atoms with Crippen molar-refractivity contribution in [1.82, 2.24) is 15.5 Å². The fourth-order valence-electron chi connectivity index (χ4n) is 3.79. The molecule has 1 unspecified atom stereocenters. The first-order valence-electron chi connectivity index (χ1n) is 11.0. The fourth-order valence-corrected chi connectivity index (χ4v) is 3.79. The van der Waals surface area contributed by atoms with Gasteiger partial charge in [-0.25, -0.2) is 0 Å². The maximum absolute atomic E-state index is 11.4. The van der Waals surface area contributed by atoms with Gasteiger partial charge in [0.05, 0.1) is 5.92 Å². The molecule has 6 nitrogen and oxygen atoms in total. The average Bonchev–Trinajstić information content (AvgIpc) is 2.73. The fraction of sp³-hybridized carbons (Fsp3) is 0.652. The van der Waals surface area contributed by atoms with Gasteiger partial charge in [0.1, 0.15) is 0 Å². The molecule has 1 fully saturated rings. The second-order valence-corrected chi connectivity index (χ2v) is 8.32. The number of nitrogens with one attached hydrogen (secondary N) is 2. The summed E-state index contributed by atoms with van der Waals surface area (Å²) in [5.41, 5.74) is 8.23. The first-order valence-corrected chi connectivity index (χ1v) is 11.0. The normalized spacial score (nSPS) is 18.1.